The van der Waals surface area contributed by atoms with Crippen LogP contribution < -0.4 is 10.1 Å². The van der Waals surface area contributed by atoms with Gasteiger partial charge in [0, 0.05) is 6.04 Å². The Bertz CT molecular complexity index is 414. The summed E-state index contributed by atoms with van der Waals surface area (Å²) in [5, 5.41) is 13.3. The van der Waals surface area contributed by atoms with Gasteiger partial charge in [0.25, 0.3) is 0 Å². The van der Waals surface area contributed by atoms with Gasteiger partial charge in [-0.25, -0.2) is 0 Å². The van der Waals surface area contributed by atoms with Crippen LogP contribution >= 0.6 is 15.9 Å². The van der Waals surface area contributed by atoms with Gasteiger partial charge in [0.15, 0.2) is 11.5 Å². The molecule has 0 aromatic heterocycles. The zero-order valence-corrected chi connectivity index (χ0v) is 11.8. The highest BCUT2D eigenvalue weighted by Crippen LogP contribution is 2.42. The molecule has 17 heavy (non-hydrogen) atoms. The van der Waals surface area contributed by atoms with Crippen molar-refractivity contribution in [1.29, 1.82) is 0 Å². The highest BCUT2D eigenvalue weighted by atomic mass is 79.9. The zero-order valence-electron chi connectivity index (χ0n) is 10.2. The number of ether oxygens (including phenoxy) is 1. The number of hydrogen-bond donors (Lipinski definition) is 2. The van der Waals surface area contributed by atoms with Gasteiger partial charge in [-0.1, -0.05) is 6.42 Å². The minimum atomic E-state index is 0.191. The lowest BCUT2D eigenvalue weighted by molar-refractivity contribution is 0.365. The molecule has 1 aromatic carbocycles. The van der Waals surface area contributed by atoms with Crippen LogP contribution in [0.15, 0.2) is 10.5 Å². The Hall–Kier alpha value is -0.740. The molecular weight excluding hydrogens is 282 g/mol. The molecule has 2 rings (SSSR count). The van der Waals surface area contributed by atoms with Crippen molar-refractivity contribution in [2.45, 2.75) is 32.2 Å². The Morgan fingerprint density at radius 3 is 2.82 bits per heavy atom. The molecule has 0 saturated carbocycles. The van der Waals surface area contributed by atoms with Crippen LogP contribution in [-0.2, 0) is 0 Å². The third-order valence-electron chi connectivity index (χ3n) is 3.31. The Morgan fingerprint density at radius 1 is 1.47 bits per heavy atom. The monoisotopic (exact) mass is 299 g/mol. The molecule has 0 spiro atoms. The summed E-state index contributed by atoms with van der Waals surface area (Å²) < 4.78 is 6.11. The maximum absolute atomic E-state index is 9.82. The van der Waals surface area contributed by atoms with Crippen LogP contribution in [0.1, 0.15) is 36.4 Å². The Labute approximate surface area is 110 Å². The summed E-state index contributed by atoms with van der Waals surface area (Å²) in [5.74, 6) is 0.717. The van der Waals surface area contributed by atoms with Crippen LogP contribution in [0.4, 0.5) is 0 Å². The first-order chi connectivity index (χ1) is 8.15. The topological polar surface area (TPSA) is 41.5 Å². The summed E-state index contributed by atoms with van der Waals surface area (Å²) in [6.45, 7) is 3.08. The molecule has 1 heterocycles. The van der Waals surface area contributed by atoms with Crippen LogP contribution in [0.5, 0.6) is 11.5 Å². The van der Waals surface area contributed by atoms with E-state index in [2.05, 4.69) is 21.2 Å². The van der Waals surface area contributed by atoms with Gasteiger partial charge in [-0.05, 0) is 59.4 Å². The summed E-state index contributed by atoms with van der Waals surface area (Å²) in [6.07, 6.45) is 3.61. The van der Waals surface area contributed by atoms with Gasteiger partial charge in [-0.2, -0.15) is 0 Å². The number of aryl methyl sites for hydroxylation is 1. The van der Waals surface area contributed by atoms with Gasteiger partial charge in [0.1, 0.15) is 0 Å². The van der Waals surface area contributed by atoms with E-state index in [1.165, 1.54) is 18.4 Å². The molecule has 1 aliphatic heterocycles. The number of rotatable bonds is 2. The van der Waals surface area contributed by atoms with Crippen molar-refractivity contribution in [3.63, 3.8) is 0 Å². The fourth-order valence-corrected chi connectivity index (χ4v) is 3.43. The predicted octanol–water partition coefficient (Wildman–Crippen LogP) is 3.29. The van der Waals surface area contributed by atoms with E-state index >= 15 is 0 Å². The fourth-order valence-electron chi connectivity index (χ4n) is 2.48. The first-order valence-electron chi connectivity index (χ1n) is 5.94. The van der Waals surface area contributed by atoms with Gasteiger partial charge < -0.3 is 15.2 Å². The van der Waals surface area contributed by atoms with E-state index in [0.29, 0.717) is 11.8 Å². The van der Waals surface area contributed by atoms with Crippen molar-refractivity contribution in [2.24, 2.45) is 0 Å². The van der Waals surface area contributed by atoms with Crippen LogP contribution in [0, 0.1) is 6.92 Å². The number of piperidine rings is 1. The number of phenolic OH excluding ortho intramolecular Hbond substituents is 1. The van der Waals surface area contributed by atoms with Gasteiger partial charge in [0.2, 0.25) is 0 Å². The lowest BCUT2D eigenvalue weighted by Crippen LogP contribution is -2.27. The molecule has 94 valence electrons. The molecule has 1 fully saturated rings. The number of hydrogen-bond acceptors (Lipinski definition) is 3. The van der Waals surface area contributed by atoms with Crippen molar-refractivity contribution < 1.29 is 9.84 Å². The first kappa shape index (κ1) is 12.7. The maximum atomic E-state index is 9.82. The van der Waals surface area contributed by atoms with Gasteiger partial charge in [-0.15, -0.1) is 0 Å². The van der Waals surface area contributed by atoms with Gasteiger partial charge in [0.05, 0.1) is 11.6 Å². The van der Waals surface area contributed by atoms with E-state index in [9.17, 15) is 5.11 Å². The summed E-state index contributed by atoms with van der Waals surface area (Å²) in [7, 11) is 1.58. The van der Waals surface area contributed by atoms with Gasteiger partial charge >= 0.3 is 0 Å². The van der Waals surface area contributed by atoms with Crippen LogP contribution in [-0.4, -0.2) is 18.8 Å². The minimum Gasteiger partial charge on any atom is -0.504 e. The predicted molar refractivity (Wildman–Crippen MR) is 71.7 cm³/mol. The summed E-state index contributed by atoms with van der Waals surface area (Å²) in [5.41, 5.74) is 2.30. The normalized spacial score (nSPS) is 20.3. The molecule has 1 aromatic rings. The van der Waals surface area contributed by atoms with Crippen molar-refractivity contribution >= 4 is 15.9 Å². The van der Waals surface area contributed by atoms with Crippen molar-refractivity contribution in [2.75, 3.05) is 13.7 Å². The van der Waals surface area contributed by atoms with E-state index < -0.39 is 0 Å². The van der Waals surface area contributed by atoms with E-state index in [1.54, 1.807) is 13.2 Å². The molecule has 0 amide bonds. The SMILES string of the molecule is COc1c(O)cc(C)c(C2CCCCN2)c1Br. The quantitative estimate of drug-likeness (QED) is 0.880. The number of phenols is 1. The second-order valence-electron chi connectivity index (χ2n) is 4.48. The van der Waals surface area contributed by atoms with E-state index in [1.807, 2.05) is 6.92 Å². The second kappa shape index (κ2) is 5.27. The fraction of sp³-hybridized carbons (Fsp3) is 0.538. The average Bonchev–Trinajstić information content (AvgIpc) is 2.30. The molecular formula is C13H18BrNO2. The van der Waals surface area contributed by atoms with E-state index in [4.69, 9.17) is 4.74 Å². The molecule has 2 N–H and O–H groups in total. The number of benzene rings is 1. The van der Waals surface area contributed by atoms with Crippen molar-refractivity contribution in [1.82, 2.24) is 5.32 Å². The molecule has 0 bridgehead atoms. The third kappa shape index (κ3) is 2.43. The molecule has 1 saturated heterocycles. The number of methoxy groups -OCH3 is 1. The third-order valence-corrected chi connectivity index (χ3v) is 4.10. The van der Waals surface area contributed by atoms with Crippen LogP contribution in [0.2, 0.25) is 0 Å². The van der Waals surface area contributed by atoms with Gasteiger partial charge in [-0.3, -0.25) is 0 Å². The van der Waals surface area contributed by atoms with E-state index in [-0.39, 0.29) is 5.75 Å². The minimum absolute atomic E-state index is 0.191. The largest absolute Gasteiger partial charge is 0.504 e. The Kier molecular flexibility index (Phi) is 3.94. The molecule has 0 radical (unpaired) electrons. The maximum Gasteiger partial charge on any atom is 0.175 e. The Morgan fingerprint density at radius 2 is 2.24 bits per heavy atom. The summed E-state index contributed by atoms with van der Waals surface area (Å²) in [4.78, 5) is 0. The second-order valence-corrected chi connectivity index (χ2v) is 5.27. The number of aromatic hydroxyl groups is 1. The zero-order chi connectivity index (χ0) is 12.4. The highest BCUT2D eigenvalue weighted by molar-refractivity contribution is 9.10. The number of nitrogens with one attached hydrogen (secondary N) is 1. The van der Waals surface area contributed by atoms with Crippen molar-refractivity contribution in [3.8, 4) is 11.5 Å². The Balaban J connectivity index is 2.44. The summed E-state index contributed by atoms with van der Waals surface area (Å²) >= 11 is 3.55. The number of halogens is 1. The average molecular weight is 300 g/mol. The molecule has 1 unspecified atom stereocenters. The molecule has 1 atom stereocenters. The van der Waals surface area contributed by atoms with Crippen LogP contribution in [0.25, 0.3) is 0 Å². The van der Waals surface area contributed by atoms with E-state index in [0.717, 1.165) is 23.0 Å². The standard InChI is InChI=1S/C13H18BrNO2/c1-8-7-10(16)13(17-2)12(14)11(8)9-5-3-4-6-15-9/h7,9,15-16H,3-6H2,1-2H3. The lowest BCUT2D eigenvalue weighted by atomic mass is 9.93. The van der Waals surface area contributed by atoms with Crippen LogP contribution in [0.3, 0.4) is 0 Å². The smallest absolute Gasteiger partial charge is 0.175 e. The molecule has 1 aliphatic rings. The lowest BCUT2D eigenvalue weighted by Gasteiger charge is -2.27. The highest BCUT2D eigenvalue weighted by Gasteiger charge is 2.23. The molecule has 3 nitrogen and oxygen atoms in total. The summed E-state index contributed by atoms with van der Waals surface area (Å²) in [6, 6.07) is 2.13. The molecule has 4 heteroatoms. The van der Waals surface area contributed by atoms with Crippen molar-refractivity contribution in [3.05, 3.63) is 21.7 Å². The molecule has 0 aliphatic carbocycles. The first-order valence-corrected chi connectivity index (χ1v) is 6.73.